The van der Waals surface area contributed by atoms with Crippen LogP contribution < -0.4 is 11.1 Å². The second kappa shape index (κ2) is 5.26. The summed E-state index contributed by atoms with van der Waals surface area (Å²) in [5.74, 6) is -0.183. The first-order chi connectivity index (χ1) is 11.5. The molecule has 3 heterocycles. The Hall–Kier alpha value is -3.03. The van der Waals surface area contributed by atoms with Crippen molar-refractivity contribution in [2.75, 3.05) is 11.1 Å². The molecule has 0 bridgehead atoms. The molecular weight excluding hydrogens is 311 g/mol. The van der Waals surface area contributed by atoms with Gasteiger partial charge in [0.1, 0.15) is 17.8 Å². The fourth-order valence-corrected chi connectivity index (χ4v) is 2.60. The van der Waals surface area contributed by atoms with E-state index >= 15 is 0 Å². The third-order valence-corrected chi connectivity index (χ3v) is 4.05. The molecule has 3 aromatic rings. The molecule has 3 aromatic heterocycles. The molecule has 0 spiro atoms. The summed E-state index contributed by atoms with van der Waals surface area (Å²) in [7, 11) is 1.82. The monoisotopic (exact) mass is 326 g/mol. The maximum absolute atomic E-state index is 13.0. The maximum atomic E-state index is 13.0. The van der Waals surface area contributed by atoms with Crippen molar-refractivity contribution in [1.82, 2.24) is 19.7 Å². The number of carbonyl (C=O) groups is 1. The Morgan fingerprint density at radius 1 is 1.42 bits per heavy atom. The number of fused-ring (bicyclic) bond motifs is 1. The molecule has 122 valence electrons. The molecule has 8 heteroatoms. The minimum atomic E-state index is -1.04. The van der Waals surface area contributed by atoms with Crippen molar-refractivity contribution < 1.29 is 9.18 Å². The first-order valence-corrected chi connectivity index (χ1v) is 7.51. The van der Waals surface area contributed by atoms with Crippen molar-refractivity contribution in [2.24, 2.45) is 13.0 Å². The normalized spacial score (nSPS) is 19.4. The topological polar surface area (TPSA) is 98.7 Å². The maximum Gasteiger partial charge on any atom is 0.231 e. The molecule has 1 amide bonds. The number of nitrogens with two attached hydrogens (primary N) is 1. The Labute approximate surface area is 136 Å². The van der Waals surface area contributed by atoms with E-state index in [0.29, 0.717) is 22.7 Å². The molecule has 24 heavy (non-hydrogen) atoms. The number of nitrogen functional groups attached to an aromatic ring is 1. The molecule has 0 saturated heterocycles. The van der Waals surface area contributed by atoms with Gasteiger partial charge in [0.15, 0.2) is 0 Å². The van der Waals surface area contributed by atoms with Crippen molar-refractivity contribution >= 4 is 28.3 Å². The highest BCUT2D eigenvalue weighted by atomic mass is 19.1. The number of nitrogens with zero attached hydrogens (tertiary/aromatic N) is 4. The number of hydrogen-bond acceptors (Lipinski definition) is 5. The molecule has 7 nitrogen and oxygen atoms in total. The van der Waals surface area contributed by atoms with Crippen LogP contribution in [-0.2, 0) is 11.8 Å². The second-order valence-electron chi connectivity index (χ2n) is 5.93. The van der Waals surface area contributed by atoms with Crippen molar-refractivity contribution in [2.45, 2.75) is 12.6 Å². The van der Waals surface area contributed by atoms with E-state index < -0.39 is 12.1 Å². The lowest BCUT2D eigenvalue weighted by atomic mass is 10.1. The van der Waals surface area contributed by atoms with Crippen LogP contribution in [0.3, 0.4) is 0 Å². The molecule has 4 rings (SSSR count). The number of hydrogen-bond donors (Lipinski definition) is 2. The van der Waals surface area contributed by atoms with Gasteiger partial charge in [0.25, 0.3) is 0 Å². The Kier molecular flexibility index (Phi) is 3.19. The van der Waals surface area contributed by atoms with Crippen LogP contribution in [0.25, 0.3) is 22.0 Å². The third kappa shape index (κ3) is 2.55. The van der Waals surface area contributed by atoms with E-state index in [1.807, 2.05) is 19.3 Å². The van der Waals surface area contributed by atoms with Gasteiger partial charge in [-0.15, -0.1) is 0 Å². The molecule has 3 N–H and O–H groups in total. The number of halogens is 1. The van der Waals surface area contributed by atoms with Gasteiger partial charge in [-0.3, -0.25) is 9.48 Å². The SMILES string of the molecule is Cn1cc(-c2cc3cc(NC(=O)[C@H]4C[C@@H]4F)ncc3c(N)n2)cn1. The van der Waals surface area contributed by atoms with Gasteiger partial charge in [-0.2, -0.15) is 5.10 Å². The lowest BCUT2D eigenvalue weighted by Crippen LogP contribution is -2.15. The highest BCUT2D eigenvalue weighted by Gasteiger charge is 2.43. The summed E-state index contributed by atoms with van der Waals surface area (Å²) in [5, 5.41) is 8.25. The fourth-order valence-electron chi connectivity index (χ4n) is 2.60. The fraction of sp³-hybridized carbons (Fsp3) is 0.250. The second-order valence-corrected chi connectivity index (χ2v) is 5.93. The molecule has 0 aromatic carbocycles. The number of aryl methyl sites for hydroxylation is 1. The molecule has 1 fully saturated rings. The third-order valence-electron chi connectivity index (χ3n) is 4.05. The van der Waals surface area contributed by atoms with Gasteiger partial charge < -0.3 is 11.1 Å². The average molecular weight is 326 g/mol. The Morgan fingerprint density at radius 3 is 2.88 bits per heavy atom. The number of amides is 1. The Bertz CT molecular complexity index is 953. The summed E-state index contributed by atoms with van der Waals surface area (Å²) in [6.45, 7) is 0. The van der Waals surface area contributed by atoms with Crippen LogP contribution in [0.5, 0.6) is 0 Å². The van der Waals surface area contributed by atoms with E-state index in [1.54, 1.807) is 23.1 Å². The first-order valence-electron chi connectivity index (χ1n) is 7.51. The summed E-state index contributed by atoms with van der Waals surface area (Å²) < 4.78 is 14.6. The van der Waals surface area contributed by atoms with Gasteiger partial charge in [-0.1, -0.05) is 0 Å². The molecule has 1 aliphatic rings. The van der Waals surface area contributed by atoms with Crippen molar-refractivity contribution in [3.63, 3.8) is 0 Å². The van der Waals surface area contributed by atoms with Crippen LogP contribution in [0, 0.1) is 5.92 Å². The molecule has 1 saturated carbocycles. The average Bonchev–Trinajstić information content (AvgIpc) is 3.12. The van der Waals surface area contributed by atoms with E-state index in [1.165, 1.54) is 0 Å². The predicted octanol–water partition coefficient (Wildman–Crippen LogP) is 1.91. The number of aromatic nitrogens is 4. The number of anilines is 2. The largest absolute Gasteiger partial charge is 0.383 e. The van der Waals surface area contributed by atoms with E-state index in [4.69, 9.17) is 5.73 Å². The summed E-state index contributed by atoms with van der Waals surface area (Å²) in [5.41, 5.74) is 7.54. The van der Waals surface area contributed by atoms with E-state index in [0.717, 1.165) is 10.9 Å². The van der Waals surface area contributed by atoms with Gasteiger partial charge in [0.05, 0.1) is 17.8 Å². The van der Waals surface area contributed by atoms with E-state index in [-0.39, 0.29) is 12.3 Å². The zero-order valence-electron chi connectivity index (χ0n) is 12.9. The summed E-state index contributed by atoms with van der Waals surface area (Å²) in [6.07, 6.45) is 4.34. The number of nitrogens with one attached hydrogen (secondary N) is 1. The van der Waals surface area contributed by atoms with Gasteiger partial charge in [-0.05, 0) is 23.9 Å². The molecule has 2 atom stereocenters. The number of alkyl halides is 1. The smallest absolute Gasteiger partial charge is 0.231 e. The van der Waals surface area contributed by atoms with Crippen LogP contribution in [0.4, 0.5) is 16.0 Å². The highest BCUT2D eigenvalue weighted by molar-refractivity contribution is 5.98. The van der Waals surface area contributed by atoms with Crippen molar-refractivity contribution in [3.8, 4) is 11.3 Å². The molecule has 1 aliphatic carbocycles. The molecule has 0 aliphatic heterocycles. The van der Waals surface area contributed by atoms with Crippen LogP contribution in [0.2, 0.25) is 0 Å². The lowest BCUT2D eigenvalue weighted by Gasteiger charge is -2.08. The van der Waals surface area contributed by atoms with Gasteiger partial charge in [0, 0.05) is 30.4 Å². The van der Waals surface area contributed by atoms with E-state index in [2.05, 4.69) is 20.4 Å². The quantitative estimate of drug-likeness (QED) is 0.766. The minimum Gasteiger partial charge on any atom is -0.383 e. The number of carbonyl (C=O) groups excluding carboxylic acids is 1. The predicted molar refractivity (Wildman–Crippen MR) is 87.8 cm³/mol. The molecule has 0 unspecified atom stereocenters. The van der Waals surface area contributed by atoms with Crippen LogP contribution in [0.15, 0.2) is 30.7 Å². The number of pyridine rings is 2. The first kappa shape index (κ1) is 14.6. The summed E-state index contributed by atoms with van der Waals surface area (Å²) in [4.78, 5) is 20.4. The zero-order valence-corrected chi connectivity index (χ0v) is 12.9. The zero-order chi connectivity index (χ0) is 16.8. The van der Waals surface area contributed by atoms with Gasteiger partial charge in [-0.25, -0.2) is 14.4 Å². The van der Waals surface area contributed by atoms with Crippen LogP contribution in [0.1, 0.15) is 6.42 Å². The Balaban J connectivity index is 1.70. The summed E-state index contributed by atoms with van der Waals surface area (Å²) in [6, 6.07) is 3.57. The van der Waals surface area contributed by atoms with Crippen molar-refractivity contribution in [3.05, 3.63) is 30.7 Å². The lowest BCUT2D eigenvalue weighted by molar-refractivity contribution is -0.117. The number of rotatable bonds is 3. The minimum absolute atomic E-state index is 0.279. The van der Waals surface area contributed by atoms with Crippen molar-refractivity contribution in [1.29, 1.82) is 0 Å². The van der Waals surface area contributed by atoms with Crippen LogP contribution in [-0.4, -0.2) is 31.8 Å². The van der Waals surface area contributed by atoms with Crippen LogP contribution >= 0.6 is 0 Å². The molecular formula is C16H15FN6O. The standard InChI is InChI=1S/C16H15FN6O/c1-23-7-9(5-20-23)13-2-8-3-14(19-6-11(8)15(18)21-13)22-16(24)10-4-12(10)17/h2-3,5-7,10,12H,4H2,1H3,(H2,18,21)(H,19,22,24)/t10-,12-/m0/s1. The summed E-state index contributed by atoms with van der Waals surface area (Å²) >= 11 is 0. The molecule has 0 radical (unpaired) electrons. The Morgan fingerprint density at radius 2 is 2.21 bits per heavy atom. The van der Waals surface area contributed by atoms with Gasteiger partial charge in [0.2, 0.25) is 5.91 Å². The highest BCUT2D eigenvalue weighted by Crippen LogP contribution is 2.35. The van der Waals surface area contributed by atoms with E-state index in [9.17, 15) is 9.18 Å². The van der Waals surface area contributed by atoms with Gasteiger partial charge >= 0.3 is 0 Å².